The van der Waals surface area contributed by atoms with Gasteiger partial charge in [0, 0.05) is 12.5 Å². The van der Waals surface area contributed by atoms with Crippen LogP contribution in [0, 0.1) is 5.82 Å². The van der Waals surface area contributed by atoms with Crippen molar-refractivity contribution in [1.82, 2.24) is 5.43 Å². The number of nitrogens with two attached hydrogens (primary N) is 1. The third kappa shape index (κ3) is 3.83. The monoisotopic (exact) mass is 302 g/mol. The molecule has 114 valence electrons. The Bertz CT molecular complexity index is 581. The minimum Gasteiger partial charge on any atom is -0.469 e. The first-order valence-electron chi connectivity index (χ1n) is 6.27. The highest BCUT2D eigenvalue weighted by Gasteiger charge is 2.34. The highest BCUT2D eigenvalue weighted by atomic mass is 19.4. The summed E-state index contributed by atoms with van der Waals surface area (Å²) in [5.74, 6) is 4.79. The van der Waals surface area contributed by atoms with E-state index in [1.807, 2.05) is 0 Å². The minimum atomic E-state index is -4.74. The van der Waals surface area contributed by atoms with E-state index in [4.69, 9.17) is 10.3 Å². The van der Waals surface area contributed by atoms with Gasteiger partial charge < -0.3 is 4.42 Å². The van der Waals surface area contributed by atoms with E-state index in [1.165, 1.54) is 12.3 Å². The van der Waals surface area contributed by atoms with Crippen LogP contribution in [0.25, 0.3) is 0 Å². The number of furan rings is 1. The fourth-order valence-corrected chi connectivity index (χ4v) is 2.06. The summed E-state index contributed by atoms with van der Waals surface area (Å²) in [5.41, 5.74) is 1.43. The summed E-state index contributed by atoms with van der Waals surface area (Å²) in [6, 6.07) is 5.82. The average molecular weight is 302 g/mol. The van der Waals surface area contributed by atoms with Crippen LogP contribution < -0.4 is 11.3 Å². The number of nitrogens with one attached hydrogen (secondary N) is 1. The molecule has 1 aromatic heterocycles. The maximum Gasteiger partial charge on any atom is 0.419 e. The zero-order valence-electron chi connectivity index (χ0n) is 11.0. The lowest BCUT2D eigenvalue weighted by Crippen LogP contribution is -2.28. The quantitative estimate of drug-likeness (QED) is 0.504. The number of hydrogen-bond acceptors (Lipinski definition) is 3. The third-order valence-corrected chi connectivity index (χ3v) is 3.16. The van der Waals surface area contributed by atoms with Crippen molar-refractivity contribution < 1.29 is 22.0 Å². The van der Waals surface area contributed by atoms with Crippen LogP contribution >= 0.6 is 0 Å². The summed E-state index contributed by atoms with van der Waals surface area (Å²) in [4.78, 5) is 0. The van der Waals surface area contributed by atoms with Crippen molar-refractivity contribution in [3.05, 3.63) is 59.3 Å². The average Bonchev–Trinajstić information content (AvgIpc) is 2.93. The van der Waals surface area contributed by atoms with Gasteiger partial charge in [0.1, 0.15) is 11.6 Å². The largest absolute Gasteiger partial charge is 0.469 e. The van der Waals surface area contributed by atoms with Crippen LogP contribution in [0.15, 0.2) is 41.0 Å². The zero-order valence-corrected chi connectivity index (χ0v) is 11.0. The van der Waals surface area contributed by atoms with E-state index < -0.39 is 23.6 Å². The number of benzene rings is 1. The number of aryl methyl sites for hydroxylation is 1. The molecule has 1 atom stereocenters. The van der Waals surface area contributed by atoms with Crippen molar-refractivity contribution in [2.24, 2.45) is 5.84 Å². The van der Waals surface area contributed by atoms with Crippen molar-refractivity contribution in [3.8, 4) is 0 Å². The van der Waals surface area contributed by atoms with E-state index in [-0.39, 0.29) is 5.56 Å². The molecule has 7 heteroatoms. The van der Waals surface area contributed by atoms with Gasteiger partial charge in [-0.05, 0) is 36.2 Å². The van der Waals surface area contributed by atoms with Gasteiger partial charge in [-0.1, -0.05) is 6.07 Å². The van der Waals surface area contributed by atoms with Crippen molar-refractivity contribution in [2.75, 3.05) is 0 Å². The Morgan fingerprint density at radius 2 is 2.00 bits per heavy atom. The highest BCUT2D eigenvalue weighted by Crippen LogP contribution is 2.33. The molecule has 1 heterocycles. The molecule has 2 aromatic rings. The van der Waals surface area contributed by atoms with E-state index in [9.17, 15) is 17.6 Å². The summed E-state index contributed by atoms with van der Waals surface area (Å²) in [6.07, 6.45) is -2.30. The van der Waals surface area contributed by atoms with Gasteiger partial charge >= 0.3 is 6.18 Å². The zero-order chi connectivity index (χ0) is 15.5. The molecule has 0 radical (unpaired) electrons. The lowest BCUT2D eigenvalue weighted by Gasteiger charge is -2.18. The maximum atomic E-state index is 13.3. The molecule has 0 spiro atoms. The summed E-state index contributed by atoms with van der Waals surface area (Å²) in [5, 5.41) is 0. The molecule has 0 fully saturated rings. The van der Waals surface area contributed by atoms with Crippen LogP contribution in [0.2, 0.25) is 0 Å². The van der Waals surface area contributed by atoms with Gasteiger partial charge in [0.05, 0.1) is 11.8 Å². The Morgan fingerprint density at radius 3 is 2.57 bits per heavy atom. The van der Waals surface area contributed by atoms with E-state index >= 15 is 0 Å². The van der Waals surface area contributed by atoms with Gasteiger partial charge in [-0.25, -0.2) is 4.39 Å². The fourth-order valence-electron chi connectivity index (χ4n) is 2.06. The molecule has 0 saturated heterocycles. The second-order valence-electron chi connectivity index (χ2n) is 4.57. The Kier molecular flexibility index (Phi) is 4.64. The van der Waals surface area contributed by atoms with Gasteiger partial charge in [0.2, 0.25) is 0 Å². The van der Waals surface area contributed by atoms with Crippen LogP contribution in [-0.2, 0) is 12.6 Å². The van der Waals surface area contributed by atoms with Gasteiger partial charge in [-0.2, -0.15) is 13.2 Å². The Morgan fingerprint density at radius 1 is 1.24 bits per heavy atom. The van der Waals surface area contributed by atoms with E-state index in [2.05, 4.69) is 5.43 Å². The molecule has 0 bridgehead atoms. The first-order chi connectivity index (χ1) is 9.91. The Balaban J connectivity index is 2.18. The topological polar surface area (TPSA) is 51.2 Å². The molecule has 0 aliphatic rings. The first kappa shape index (κ1) is 15.5. The summed E-state index contributed by atoms with van der Waals surface area (Å²) in [7, 11) is 0. The van der Waals surface area contributed by atoms with Crippen LogP contribution in [0.4, 0.5) is 17.6 Å². The number of hydrazine groups is 1. The highest BCUT2D eigenvalue weighted by molar-refractivity contribution is 5.29. The van der Waals surface area contributed by atoms with Crippen LogP contribution in [0.5, 0.6) is 0 Å². The van der Waals surface area contributed by atoms with Crippen molar-refractivity contribution in [2.45, 2.75) is 25.1 Å². The van der Waals surface area contributed by atoms with Gasteiger partial charge in [-0.15, -0.1) is 0 Å². The molecule has 0 aliphatic carbocycles. The van der Waals surface area contributed by atoms with Crippen LogP contribution in [-0.4, -0.2) is 0 Å². The lowest BCUT2D eigenvalue weighted by molar-refractivity contribution is -0.140. The van der Waals surface area contributed by atoms with Gasteiger partial charge in [0.15, 0.2) is 0 Å². The molecule has 2 rings (SSSR count). The maximum absolute atomic E-state index is 13.3. The predicted molar refractivity (Wildman–Crippen MR) is 68.5 cm³/mol. The Hall–Kier alpha value is -1.86. The molecule has 0 saturated carbocycles. The molecule has 21 heavy (non-hydrogen) atoms. The van der Waals surface area contributed by atoms with Gasteiger partial charge in [0.25, 0.3) is 0 Å². The smallest absolute Gasteiger partial charge is 0.419 e. The van der Waals surface area contributed by atoms with Crippen molar-refractivity contribution in [3.63, 3.8) is 0 Å². The number of rotatable bonds is 5. The Labute approximate surface area is 118 Å². The molecule has 3 nitrogen and oxygen atoms in total. The molecule has 1 unspecified atom stereocenters. The third-order valence-electron chi connectivity index (χ3n) is 3.16. The molecular formula is C14H14F4N2O. The summed E-state index contributed by atoms with van der Waals surface area (Å²) in [6.45, 7) is 0. The SMILES string of the molecule is NNC(CCc1ccco1)c1ccc(F)c(C(F)(F)F)c1. The van der Waals surface area contributed by atoms with Crippen LogP contribution in [0.1, 0.15) is 29.3 Å². The minimum absolute atomic E-state index is 0.276. The van der Waals surface area contributed by atoms with E-state index in [0.29, 0.717) is 18.6 Å². The molecule has 1 aromatic carbocycles. The van der Waals surface area contributed by atoms with Crippen molar-refractivity contribution in [1.29, 1.82) is 0 Å². The number of alkyl halides is 3. The fraction of sp³-hybridized carbons (Fsp3) is 0.286. The molecule has 0 amide bonds. The molecule has 0 aliphatic heterocycles. The molecule has 3 N–H and O–H groups in total. The standard InChI is InChI=1S/C14H14F4N2O/c15-12-5-3-9(8-11(12)14(16,17)18)13(20-19)6-4-10-2-1-7-21-10/h1-3,5,7-8,13,20H,4,6,19H2. The lowest BCUT2D eigenvalue weighted by atomic mass is 9.99. The first-order valence-corrected chi connectivity index (χ1v) is 6.27. The second-order valence-corrected chi connectivity index (χ2v) is 4.57. The van der Waals surface area contributed by atoms with E-state index in [0.717, 1.165) is 12.1 Å². The normalized spacial score (nSPS) is 13.4. The second kappa shape index (κ2) is 6.28. The summed E-state index contributed by atoms with van der Waals surface area (Å²) >= 11 is 0. The number of hydrogen-bond donors (Lipinski definition) is 2. The van der Waals surface area contributed by atoms with E-state index in [1.54, 1.807) is 12.1 Å². The van der Waals surface area contributed by atoms with Crippen LogP contribution in [0.3, 0.4) is 0 Å². The predicted octanol–water partition coefficient (Wildman–Crippen LogP) is 3.57. The summed E-state index contributed by atoms with van der Waals surface area (Å²) < 4.78 is 56.5. The molecular weight excluding hydrogens is 288 g/mol. The van der Waals surface area contributed by atoms with Crippen molar-refractivity contribution >= 4 is 0 Å². The number of halogens is 4. The van der Waals surface area contributed by atoms with Gasteiger partial charge in [-0.3, -0.25) is 11.3 Å².